The number of phenolic OH excluding ortho intramolecular Hbond substituents is 1. The number of nitriles is 1. The maximum atomic E-state index is 12.5. The maximum absolute atomic E-state index is 12.5. The predicted molar refractivity (Wildman–Crippen MR) is 184 cm³/mol. The van der Waals surface area contributed by atoms with Crippen molar-refractivity contribution in [2.75, 3.05) is 0 Å². The van der Waals surface area contributed by atoms with Crippen LogP contribution in [-0.4, -0.2) is 21.1 Å². The molecular formula is C33H36Br2N2O3S2. The van der Waals surface area contributed by atoms with Crippen molar-refractivity contribution in [1.82, 2.24) is 4.98 Å². The molecule has 0 saturated heterocycles. The lowest BCUT2D eigenvalue weighted by atomic mass is 10.0. The van der Waals surface area contributed by atoms with Gasteiger partial charge >= 0.3 is 0 Å². The lowest BCUT2D eigenvalue weighted by Gasteiger charge is -2.14. The first-order valence-electron chi connectivity index (χ1n) is 13.5. The monoisotopic (exact) mass is 730 g/mol. The van der Waals surface area contributed by atoms with Crippen LogP contribution in [0.25, 0.3) is 11.3 Å². The summed E-state index contributed by atoms with van der Waals surface area (Å²) in [5.74, 6) is 1.99. The molecule has 222 valence electrons. The number of carbonyl (C=O) groups excluding carboxylic acids is 1. The normalized spacial score (nSPS) is 11.2. The Labute approximate surface area is 276 Å². The number of ketones is 1. The minimum Gasteiger partial charge on any atom is -0.508 e. The molecule has 1 atom stereocenters. The van der Waals surface area contributed by atoms with Gasteiger partial charge in [0.2, 0.25) is 0 Å². The van der Waals surface area contributed by atoms with Gasteiger partial charge in [-0.1, -0.05) is 58.0 Å². The fraction of sp³-hybridized carbons (Fsp3) is 0.303. The predicted octanol–water partition coefficient (Wildman–Crippen LogP) is 10.1. The Bertz CT molecular complexity index is 1420. The van der Waals surface area contributed by atoms with Gasteiger partial charge in [-0.15, -0.1) is 28.3 Å². The van der Waals surface area contributed by atoms with Crippen molar-refractivity contribution in [2.45, 2.75) is 52.4 Å². The van der Waals surface area contributed by atoms with Gasteiger partial charge in [-0.05, 0) is 106 Å². The number of benzene rings is 3. The van der Waals surface area contributed by atoms with E-state index in [2.05, 4.69) is 48.6 Å². The summed E-state index contributed by atoms with van der Waals surface area (Å²) in [6.45, 7) is 9.01. The molecule has 0 aliphatic rings. The summed E-state index contributed by atoms with van der Waals surface area (Å²) in [5, 5.41) is 19.9. The fourth-order valence-electron chi connectivity index (χ4n) is 4.02. The minimum absolute atomic E-state index is 0. The van der Waals surface area contributed by atoms with E-state index in [-0.39, 0.29) is 33.8 Å². The molecule has 1 unspecified atom stereocenters. The molecule has 9 heteroatoms. The molecule has 4 aromatic rings. The molecule has 1 aromatic heterocycles. The Hall–Kier alpha value is -2.64. The van der Waals surface area contributed by atoms with Gasteiger partial charge in [-0.2, -0.15) is 5.26 Å². The molecule has 0 bridgehead atoms. The molecule has 0 saturated carbocycles. The van der Waals surface area contributed by atoms with Gasteiger partial charge in [-0.25, -0.2) is 4.98 Å². The van der Waals surface area contributed by atoms with E-state index in [1.165, 1.54) is 4.88 Å². The Morgan fingerprint density at radius 2 is 1.64 bits per heavy atom. The molecule has 0 radical (unpaired) electrons. The zero-order valence-electron chi connectivity index (χ0n) is 24.1. The third-order valence-electron chi connectivity index (χ3n) is 5.97. The van der Waals surface area contributed by atoms with Crippen LogP contribution >= 0.6 is 56.0 Å². The van der Waals surface area contributed by atoms with Gasteiger partial charge in [0.25, 0.3) is 0 Å². The van der Waals surface area contributed by atoms with Crippen molar-refractivity contribution >= 4 is 61.8 Å². The number of hydrogen-bond acceptors (Lipinski definition) is 7. The largest absolute Gasteiger partial charge is 0.508 e. The summed E-state index contributed by atoms with van der Waals surface area (Å²) in [6, 6.07) is 24.3. The molecule has 1 N–H and O–H groups in total. The minimum atomic E-state index is -0.314. The number of carbonyl (C=O) groups is 1. The van der Waals surface area contributed by atoms with E-state index >= 15 is 0 Å². The molecule has 4 rings (SSSR count). The van der Waals surface area contributed by atoms with E-state index in [1.54, 1.807) is 47.7 Å². The van der Waals surface area contributed by atoms with Crippen molar-refractivity contribution in [3.63, 3.8) is 0 Å². The Morgan fingerprint density at radius 1 is 1.00 bits per heavy atom. The van der Waals surface area contributed by atoms with E-state index in [9.17, 15) is 9.90 Å². The van der Waals surface area contributed by atoms with E-state index in [1.807, 2.05) is 47.9 Å². The lowest BCUT2D eigenvalue weighted by Crippen LogP contribution is -2.19. The van der Waals surface area contributed by atoms with Crippen LogP contribution in [0.5, 0.6) is 11.5 Å². The van der Waals surface area contributed by atoms with Crippen LogP contribution in [0, 0.1) is 22.5 Å². The van der Waals surface area contributed by atoms with Crippen molar-refractivity contribution in [3.05, 3.63) is 98.8 Å². The van der Waals surface area contributed by atoms with Gasteiger partial charge in [-0.3, -0.25) is 4.79 Å². The topological polar surface area (TPSA) is 83.2 Å². The summed E-state index contributed by atoms with van der Waals surface area (Å²) in [4.78, 5) is 18.4. The number of thiocyanates is 1. The Balaban J connectivity index is 0.000000302. The molecule has 42 heavy (non-hydrogen) atoms. The third-order valence-corrected chi connectivity index (χ3v) is 8.29. The van der Waals surface area contributed by atoms with Crippen molar-refractivity contribution in [3.8, 4) is 28.2 Å². The second kappa shape index (κ2) is 18.1. The highest BCUT2D eigenvalue weighted by molar-refractivity contribution is 9.11. The average Bonchev–Trinajstić information content (AvgIpc) is 3.31. The number of Topliss-reactive ketones (excluding diaryl/α,β-unsaturated/α-hetero) is 1. The number of aromatic hydroxyl groups is 1. The van der Waals surface area contributed by atoms with Crippen LogP contribution in [0.1, 0.15) is 54.9 Å². The zero-order valence-corrected chi connectivity index (χ0v) is 29.1. The van der Waals surface area contributed by atoms with Crippen LogP contribution in [0.3, 0.4) is 0 Å². The number of halogens is 2. The summed E-state index contributed by atoms with van der Waals surface area (Å²) < 4.78 is 6.64. The Kier molecular flexibility index (Phi) is 15.3. The van der Waals surface area contributed by atoms with Gasteiger partial charge < -0.3 is 9.84 Å². The van der Waals surface area contributed by atoms with Crippen LogP contribution < -0.4 is 4.74 Å². The molecule has 0 fully saturated rings. The third kappa shape index (κ3) is 11.6. The summed E-state index contributed by atoms with van der Waals surface area (Å²) >= 11 is 6.17. The maximum Gasteiger partial charge on any atom is 0.176 e. The Morgan fingerprint density at radius 3 is 2.21 bits per heavy atom. The molecule has 0 aliphatic carbocycles. The van der Waals surface area contributed by atoms with Crippen molar-refractivity contribution in [2.24, 2.45) is 11.8 Å². The summed E-state index contributed by atoms with van der Waals surface area (Å²) in [6.07, 6.45) is 1.72. The molecule has 3 aromatic carbocycles. The van der Waals surface area contributed by atoms with Gasteiger partial charge in [0, 0.05) is 16.0 Å². The van der Waals surface area contributed by atoms with Crippen LogP contribution in [-0.2, 0) is 13.0 Å². The van der Waals surface area contributed by atoms with E-state index in [0.29, 0.717) is 30.4 Å². The lowest BCUT2D eigenvalue weighted by molar-refractivity contribution is 0.0982. The number of thioether (sulfide) groups is 1. The second-order valence-electron chi connectivity index (χ2n) is 10.4. The van der Waals surface area contributed by atoms with Gasteiger partial charge in [0.1, 0.15) is 23.5 Å². The molecule has 0 aliphatic heterocycles. The van der Waals surface area contributed by atoms with Crippen LogP contribution in [0.2, 0.25) is 0 Å². The first-order valence-corrected chi connectivity index (χ1v) is 16.0. The molecular weight excluding hydrogens is 696 g/mol. The number of hydrogen-bond donors (Lipinski definition) is 1. The number of aromatic nitrogens is 1. The second-order valence-corrected chi connectivity index (χ2v) is 13.7. The first kappa shape index (κ1) is 35.6. The quantitative estimate of drug-likeness (QED) is 0.122. The van der Waals surface area contributed by atoms with Crippen LogP contribution in [0.15, 0.2) is 82.8 Å². The smallest absolute Gasteiger partial charge is 0.176 e. The zero-order chi connectivity index (χ0) is 29.8. The van der Waals surface area contributed by atoms with Crippen molar-refractivity contribution < 1.29 is 14.6 Å². The van der Waals surface area contributed by atoms with E-state index in [4.69, 9.17) is 10.00 Å². The summed E-state index contributed by atoms with van der Waals surface area (Å²) in [7, 11) is 0. The van der Waals surface area contributed by atoms with E-state index in [0.717, 1.165) is 44.7 Å². The first-order chi connectivity index (χ1) is 19.7. The number of phenols is 1. The SMILES string of the molecule is Br.CC(C)CC(SC#N)C(=O)c1ccc(OCc2ccccc2)cc1.CC(C)Cc1sc(Br)nc1-c1ccc(O)cc1. The molecule has 0 amide bonds. The highest BCUT2D eigenvalue weighted by atomic mass is 79.9. The molecule has 0 spiro atoms. The summed E-state index contributed by atoms with van der Waals surface area (Å²) in [5.41, 5.74) is 3.80. The van der Waals surface area contributed by atoms with Crippen LogP contribution in [0.4, 0.5) is 0 Å². The molecule has 5 nitrogen and oxygen atoms in total. The number of rotatable bonds is 11. The standard InChI is InChI=1S/C20H21NO2S.C13H14BrNOS.BrH/c1-15(2)12-19(24-14-21)20(22)17-8-10-18(11-9-17)23-13-16-6-4-3-5-7-16;1-8(2)7-11-12(15-13(14)17-11)9-3-5-10(16)6-4-9;/h3-11,15,19H,12-13H2,1-2H3;3-6,8,16H,7H2,1-2H3;1H. The highest BCUT2D eigenvalue weighted by Crippen LogP contribution is 2.33. The van der Waals surface area contributed by atoms with Gasteiger partial charge in [0.05, 0.1) is 10.9 Å². The number of nitrogens with zero attached hydrogens (tertiary/aromatic N) is 2. The average molecular weight is 733 g/mol. The van der Waals surface area contributed by atoms with Crippen molar-refractivity contribution in [1.29, 1.82) is 5.26 Å². The molecule has 1 heterocycles. The highest BCUT2D eigenvalue weighted by Gasteiger charge is 2.22. The van der Waals surface area contributed by atoms with E-state index < -0.39 is 0 Å². The number of thiazole rings is 1. The van der Waals surface area contributed by atoms with Gasteiger partial charge in [0.15, 0.2) is 9.70 Å². The fourth-order valence-corrected chi connectivity index (χ4v) is 6.65. The number of ether oxygens (including phenoxy) is 1.